The fourth-order valence-corrected chi connectivity index (χ4v) is 2.25. The van der Waals surface area contributed by atoms with Crippen LogP contribution in [0, 0.1) is 5.95 Å². The van der Waals surface area contributed by atoms with Gasteiger partial charge in [-0.1, -0.05) is 0 Å². The normalized spacial score (nSPS) is 14.5. The number of ether oxygens (including phenoxy) is 1. The number of nitrogens with zero attached hydrogens (tertiary/aromatic N) is 5. The first-order valence-corrected chi connectivity index (χ1v) is 7.35. The van der Waals surface area contributed by atoms with E-state index < -0.39 is 11.5 Å². The molecule has 0 radical (unpaired) electrons. The third-order valence-corrected chi connectivity index (χ3v) is 3.30. The van der Waals surface area contributed by atoms with Crippen molar-refractivity contribution in [3.63, 3.8) is 0 Å². The van der Waals surface area contributed by atoms with Crippen molar-refractivity contribution in [2.24, 2.45) is 0 Å². The van der Waals surface area contributed by atoms with Crippen LogP contribution in [-0.4, -0.2) is 42.9 Å². The van der Waals surface area contributed by atoms with E-state index in [4.69, 9.17) is 4.74 Å². The molecule has 8 heteroatoms. The quantitative estimate of drug-likeness (QED) is 0.754. The summed E-state index contributed by atoms with van der Waals surface area (Å²) < 4.78 is 20.0. The predicted octanol–water partition coefficient (Wildman–Crippen LogP) is 2.23. The van der Waals surface area contributed by atoms with Crippen molar-refractivity contribution < 1.29 is 13.9 Å². The highest BCUT2D eigenvalue weighted by Crippen LogP contribution is 2.19. The van der Waals surface area contributed by atoms with Crippen LogP contribution in [-0.2, 0) is 17.8 Å². The Kier molecular flexibility index (Phi) is 3.75. The second-order valence-electron chi connectivity index (χ2n) is 6.35. The van der Waals surface area contributed by atoms with E-state index in [1.807, 2.05) is 20.8 Å². The number of amides is 1. The highest BCUT2D eigenvalue weighted by Gasteiger charge is 2.27. The van der Waals surface area contributed by atoms with Crippen LogP contribution in [0.1, 0.15) is 26.6 Å². The molecular weight excluding hydrogens is 301 g/mol. The number of rotatable bonds is 1. The standard InChI is InChI=1S/C15H18FN5O2/c1-15(2,3)23-14(22)20-6-7-21-12(9-20)18-13(19-21)10-4-5-11(16)17-8-10/h4-5,8H,6-7,9H2,1-3H3. The molecule has 0 spiro atoms. The van der Waals surface area contributed by atoms with Gasteiger partial charge < -0.3 is 4.74 Å². The Hall–Kier alpha value is -2.51. The first-order chi connectivity index (χ1) is 10.8. The van der Waals surface area contributed by atoms with Gasteiger partial charge in [-0.05, 0) is 32.9 Å². The van der Waals surface area contributed by atoms with E-state index >= 15 is 0 Å². The molecule has 0 N–H and O–H groups in total. The minimum atomic E-state index is -0.547. The number of halogens is 1. The van der Waals surface area contributed by atoms with Crippen molar-refractivity contribution in [1.82, 2.24) is 24.6 Å². The zero-order valence-corrected chi connectivity index (χ0v) is 13.3. The number of pyridine rings is 1. The molecule has 1 amide bonds. The molecule has 0 saturated heterocycles. The van der Waals surface area contributed by atoms with Crippen LogP contribution >= 0.6 is 0 Å². The monoisotopic (exact) mass is 319 g/mol. The molecular formula is C15H18FN5O2. The highest BCUT2D eigenvalue weighted by atomic mass is 19.1. The zero-order chi connectivity index (χ0) is 16.6. The molecule has 122 valence electrons. The van der Waals surface area contributed by atoms with Crippen LogP contribution in [0.4, 0.5) is 9.18 Å². The second kappa shape index (κ2) is 5.60. The van der Waals surface area contributed by atoms with Crippen molar-refractivity contribution in [2.45, 2.75) is 39.5 Å². The summed E-state index contributed by atoms with van der Waals surface area (Å²) in [4.78, 5) is 21.8. The summed E-state index contributed by atoms with van der Waals surface area (Å²) in [6, 6.07) is 2.84. The van der Waals surface area contributed by atoms with Crippen LogP contribution in [0.3, 0.4) is 0 Å². The molecule has 0 aliphatic carbocycles. The predicted molar refractivity (Wildman–Crippen MR) is 79.9 cm³/mol. The maximum atomic E-state index is 12.9. The second-order valence-corrected chi connectivity index (χ2v) is 6.35. The third-order valence-electron chi connectivity index (χ3n) is 3.30. The van der Waals surface area contributed by atoms with Gasteiger partial charge in [-0.3, -0.25) is 4.90 Å². The van der Waals surface area contributed by atoms with Gasteiger partial charge in [0.25, 0.3) is 0 Å². The molecule has 0 atom stereocenters. The van der Waals surface area contributed by atoms with Gasteiger partial charge in [0.15, 0.2) is 5.82 Å². The Morgan fingerprint density at radius 2 is 2.09 bits per heavy atom. The smallest absolute Gasteiger partial charge is 0.410 e. The maximum absolute atomic E-state index is 12.9. The van der Waals surface area contributed by atoms with E-state index in [0.29, 0.717) is 36.8 Å². The third kappa shape index (κ3) is 3.46. The van der Waals surface area contributed by atoms with Crippen LogP contribution in [0.2, 0.25) is 0 Å². The van der Waals surface area contributed by atoms with Gasteiger partial charge in [-0.25, -0.2) is 19.4 Å². The minimum Gasteiger partial charge on any atom is -0.444 e. The fourth-order valence-electron chi connectivity index (χ4n) is 2.25. The summed E-state index contributed by atoms with van der Waals surface area (Å²) >= 11 is 0. The summed E-state index contributed by atoms with van der Waals surface area (Å²) in [7, 11) is 0. The van der Waals surface area contributed by atoms with E-state index in [9.17, 15) is 9.18 Å². The highest BCUT2D eigenvalue weighted by molar-refractivity contribution is 5.68. The van der Waals surface area contributed by atoms with Crippen LogP contribution in [0.25, 0.3) is 11.4 Å². The van der Waals surface area contributed by atoms with Crippen molar-refractivity contribution in [1.29, 1.82) is 0 Å². The van der Waals surface area contributed by atoms with Gasteiger partial charge in [-0.15, -0.1) is 0 Å². The molecule has 0 fully saturated rings. The minimum absolute atomic E-state index is 0.330. The molecule has 7 nitrogen and oxygen atoms in total. The largest absolute Gasteiger partial charge is 0.444 e. The van der Waals surface area contributed by atoms with Crippen molar-refractivity contribution in [2.75, 3.05) is 6.54 Å². The molecule has 1 aliphatic heterocycles. The summed E-state index contributed by atoms with van der Waals surface area (Å²) in [5.41, 5.74) is 0.102. The first-order valence-electron chi connectivity index (χ1n) is 7.35. The SMILES string of the molecule is CC(C)(C)OC(=O)N1CCn2nc(-c3ccc(F)nc3)nc2C1. The molecule has 0 aromatic carbocycles. The Morgan fingerprint density at radius 3 is 2.74 bits per heavy atom. The molecule has 1 aliphatic rings. The van der Waals surface area contributed by atoms with Crippen molar-refractivity contribution in [3.05, 3.63) is 30.1 Å². The van der Waals surface area contributed by atoms with Crippen molar-refractivity contribution >= 4 is 6.09 Å². The van der Waals surface area contributed by atoms with Gasteiger partial charge in [0, 0.05) is 18.3 Å². The molecule has 3 heterocycles. The van der Waals surface area contributed by atoms with E-state index in [1.165, 1.54) is 12.3 Å². The lowest BCUT2D eigenvalue weighted by atomic mass is 10.2. The van der Waals surface area contributed by atoms with E-state index in [0.717, 1.165) is 0 Å². The van der Waals surface area contributed by atoms with E-state index in [1.54, 1.807) is 15.6 Å². The van der Waals surface area contributed by atoms with E-state index in [-0.39, 0.29) is 6.09 Å². The zero-order valence-electron chi connectivity index (χ0n) is 13.3. The van der Waals surface area contributed by atoms with Gasteiger partial charge in [-0.2, -0.15) is 9.49 Å². The van der Waals surface area contributed by atoms with Gasteiger partial charge in [0.2, 0.25) is 5.95 Å². The average molecular weight is 319 g/mol. The average Bonchev–Trinajstić information content (AvgIpc) is 2.89. The first kappa shape index (κ1) is 15.4. The summed E-state index contributed by atoms with van der Waals surface area (Å²) in [5, 5.41) is 4.38. The number of carbonyl (C=O) groups excluding carboxylic acids is 1. The van der Waals surface area contributed by atoms with Gasteiger partial charge in [0.1, 0.15) is 11.4 Å². The van der Waals surface area contributed by atoms with Gasteiger partial charge >= 0.3 is 6.09 Å². The summed E-state index contributed by atoms with van der Waals surface area (Å²) in [6.07, 6.45) is 1.03. The molecule has 0 unspecified atom stereocenters. The molecule has 2 aromatic heterocycles. The lowest BCUT2D eigenvalue weighted by Gasteiger charge is -2.29. The van der Waals surface area contributed by atoms with Crippen molar-refractivity contribution in [3.8, 4) is 11.4 Å². The molecule has 0 bridgehead atoms. The Labute approximate surface area is 133 Å². The van der Waals surface area contributed by atoms with Crippen LogP contribution < -0.4 is 0 Å². The lowest BCUT2D eigenvalue weighted by molar-refractivity contribution is 0.0190. The van der Waals surface area contributed by atoms with Gasteiger partial charge in [0.05, 0.1) is 13.1 Å². The number of fused-ring (bicyclic) bond motifs is 1. The summed E-state index contributed by atoms with van der Waals surface area (Å²) in [6.45, 7) is 6.87. The number of aromatic nitrogens is 4. The molecule has 2 aromatic rings. The number of hydrogen-bond donors (Lipinski definition) is 0. The summed E-state index contributed by atoms with van der Waals surface area (Å²) in [5.74, 6) is 0.591. The van der Waals surface area contributed by atoms with E-state index in [2.05, 4.69) is 15.1 Å². The van der Waals surface area contributed by atoms with Crippen LogP contribution in [0.15, 0.2) is 18.3 Å². The topological polar surface area (TPSA) is 73.1 Å². The molecule has 0 saturated carbocycles. The molecule has 3 rings (SSSR count). The van der Waals surface area contributed by atoms with Crippen LogP contribution in [0.5, 0.6) is 0 Å². The lowest BCUT2D eigenvalue weighted by Crippen LogP contribution is -2.41. The maximum Gasteiger partial charge on any atom is 0.410 e. The Morgan fingerprint density at radius 1 is 1.30 bits per heavy atom. The number of carbonyl (C=O) groups is 1. The fraction of sp³-hybridized carbons (Fsp3) is 0.467. The number of hydrogen-bond acceptors (Lipinski definition) is 5. The Bertz CT molecular complexity index is 720. The Balaban J connectivity index is 1.77. The molecule has 23 heavy (non-hydrogen) atoms.